The molecule has 2 rings (SSSR count). The topological polar surface area (TPSA) is 70.7 Å². The van der Waals surface area contributed by atoms with E-state index in [1.807, 2.05) is 6.07 Å². The number of nitrogens with zero attached hydrogens (tertiary/aromatic N) is 2. The van der Waals surface area contributed by atoms with E-state index >= 15 is 0 Å². The number of anilines is 1. The summed E-state index contributed by atoms with van der Waals surface area (Å²) in [5.74, 6) is 0. The second-order valence-electron chi connectivity index (χ2n) is 1.87. The fourth-order valence-electron chi connectivity index (χ4n) is 0.560. The number of rotatable bonds is 2. The van der Waals surface area contributed by atoms with Crippen LogP contribution in [0.15, 0.2) is 30.0 Å². The molecule has 0 atom stereocenters. The first-order valence-corrected chi connectivity index (χ1v) is 4.35. The summed E-state index contributed by atoms with van der Waals surface area (Å²) in [4.78, 5) is 13.5. The maximum atomic E-state index is 9.73. The van der Waals surface area contributed by atoms with Crippen LogP contribution in [0.3, 0.4) is 0 Å². The smallest absolute Gasteiger partial charge is 0.213 e. The summed E-state index contributed by atoms with van der Waals surface area (Å²) in [6.45, 7) is 0. The van der Waals surface area contributed by atoms with Gasteiger partial charge in [0, 0.05) is 24.0 Å². The summed E-state index contributed by atoms with van der Waals surface area (Å²) >= 11 is 1.39. The highest BCUT2D eigenvalue weighted by Gasteiger charge is 1.86. The number of carbonyl (C=O) groups excluding carboxylic acids is 1. The van der Waals surface area contributed by atoms with E-state index in [-0.39, 0.29) is 0 Å². The molecule has 5 nitrogen and oxygen atoms in total. The third-order valence-electron chi connectivity index (χ3n) is 1.02. The molecule has 2 aromatic heterocycles. The molecule has 2 aromatic rings. The van der Waals surface area contributed by atoms with Crippen LogP contribution in [0.5, 0.6) is 0 Å². The van der Waals surface area contributed by atoms with Gasteiger partial charge in [0.05, 0.1) is 0 Å². The van der Waals surface area contributed by atoms with Crippen LogP contribution in [-0.2, 0) is 4.79 Å². The molecule has 68 valence electrons. The van der Waals surface area contributed by atoms with Crippen LogP contribution >= 0.6 is 11.3 Å². The van der Waals surface area contributed by atoms with Gasteiger partial charge in [0.2, 0.25) is 6.41 Å². The summed E-state index contributed by atoms with van der Waals surface area (Å²) in [6.07, 6.45) is 5.70. The molecule has 1 amide bonds. The van der Waals surface area contributed by atoms with Crippen LogP contribution in [0.4, 0.5) is 5.13 Å². The van der Waals surface area contributed by atoms with Gasteiger partial charge in [-0.15, -0.1) is 11.3 Å². The summed E-state index contributed by atoms with van der Waals surface area (Å²) in [7, 11) is 0. The van der Waals surface area contributed by atoms with Crippen molar-refractivity contribution in [3.63, 3.8) is 0 Å². The maximum absolute atomic E-state index is 9.73. The molecule has 0 unspecified atom stereocenters. The van der Waals surface area contributed by atoms with Crippen LogP contribution in [0.25, 0.3) is 0 Å². The SMILES string of the molecule is O=CNc1nccs1.c1cn[nH]c1. The second kappa shape index (κ2) is 5.90. The molecule has 0 aliphatic heterocycles. The fourth-order valence-corrected chi connectivity index (χ4v) is 1.05. The largest absolute Gasteiger partial charge is 0.305 e. The lowest BCUT2D eigenvalue weighted by atomic mass is 10.8. The average Bonchev–Trinajstić information content (AvgIpc) is 2.79. The summed E-state index contributed by atoms with van der Waals surface area (Å²) < 4.78 is 0. The molecular weight excluding hydrogens is 188 g/mol. The first-order chi connectivity index (χ1) is 6.43. The third kappa shape index (κ3) is 4.02. The molecule has 0 aromatic carbocycles. The Bertz CT molecular complexity index is 288. The van der Waals surface area contributed by atoms with E-state index in [9.17, 15) is 4.79 Å². The minimum atomic E-state index is 0.610. The van der Waals surface area contributed by atoms with Crippen LogP contribution in [-0.4, -0.2) is 21.6 Å². The predicted molar refractivity (Wildman–Crippen MR) is 50.4 cm³/mol. The number of nitrogens with one attached hydrogen (secondary N) is 2. The minimum absolute atomic E-state index is 0.610. The predicted octanol–water partition coefficient (Wildman–Crippen LogP) is 1.12. The Balaban J connectivity index is 0.000000145. The Kier molecular flexibility index (Phi) is 4.26. The molecule has 0 saturated heterocycles. The maximum Gasteiger partial charge on any atom is 0.213 e. The molecule has 0 aliphatic rings. The first kappa shape index (κ1) is 9.40. The minimum Gasteiger partial charge on any atom is -0.305 e. The van der Waals surface area contributed by atoms with Crippen LogP contribution in [0.1, 0.15) is 0 Å². The van der Waals surface area contributed by atoms with E-state index in [4.69, 9.17) is 0 Å². The van der Waals surface area contributed by atoms with Crippen molar-refractivity contribution in [2.75, 3.05) is 5.32 Å². The Labute approximate surface area is 78.8 Å². The number of H-pyrrole nitrogens is 1. The van der Waals surface area contributed by atoms with Crippen molar-refractivity contribution < 1.29 is 4.79 Å². The molecule has 2 heterocycles. The zero-order chi connectivity index (χ0) is 9.36. The summed E-state index contributed by atoms with van der Waals surface area (Å²) in [6, 6.07) is 1.83. The van der Waals surface area contributed by atoms with Gasteiger partial charge in [-0.1, -0.05) is 0 Å². The zero-order valence-corrected chi connectivity index (χ0v) is 7.49. The van der Waals surface area contributed by atoms with Gasteiger partial charge in [-0.25, -0.2) is 4.98 Å². The first-order valence-electron chi connectivity index (χ1n) is 3.47. The fraction of sp³-hybridized carbons (Fsp3) is 0. The second-order valence-corrected chi connectivity index (χ2v) is 2.76. The van der Waals surface area contributed by atoms with Crippen molar-refractivity contribution in [1.82, 2.24) is 15.2 Å². The molecule has 6 heteroatoms. The third-order valence-corrected chi connectivity index (χ3v) is 1.72. The van der Waals surface area contributed by atoms with Gasteiger partial charge in [0.25, 0.3) is 0 Å². The lowest BCUT2D eigenvalue weighted by Crippen LogP contribution is -1.90. The number of aromatic nitrogens is 3. The van der Waals surface area contributed by atoms with Crippen LogP contribution in [0.2, 0.25) is 0 Å². The molecular formula is C7H8N4OS. The van der Waals surface area contributed by atoms with Gasteiger partial charge < -0.3 is 5.32 Å². The van der Waals surface area contributed by atoms with Gasteiger partial charge in [-0.2, -0.15) is 5.10 Å². The van der Waals surface area contributed by atoms with Crippen LogP contribution < -0.4 is 5.32 Å². The van der Waals surface area contributed by atoms with Gasteiger partial charge in [0.1, 0.15) is 0 Å². The van der Waals surface area contributed by atoms with Crippen molar-refractivity contribution in [1.29, 1.82) is 0 Å². The molecule has 0 aliphatic carbocycles. The van der Waals surface area contributed by atoms with E-state index in [1.54, 1.807) is 24.0 Å². The lowest BCUT2D eigenvalue weighted by molar-refractivity contribution is -0.105. The Hall–Kier alpha value is -1.69. The molecule has 0 fully saturated rings. The van der Waals surface area contributed by atoms with E-state index < -0.39 is 0 Å². The Morgan fingerprint density at radius 1 is 1.54 bits per heavy atom. The van der Waals surface area contributed by atoms with Gasteiger partial charge >= 0.3 is 0 Å². The van der Waals surface area contributed by atoms with Crippen molar-refractivity contribution in [2.45, 2.75) is 0 Å². The molecule has 0 radical (unpaired) electrons. The number of carbonyl (C=O) groups is 1. The van der Waals surface area contributed by atoms with Gasteiger partial charge in [-0.05, 0) is 6.07 Å². The summed E-state index contributed by atoms with van der Waals surface area (Å²) in [5.41, 5.74) is 0. The van der Waals surface area contributed by atoms with Crippen molar-refractivity contribution in [2.24, 2.45) is 0 Å². The van der Waals surface area contributed by atoms with E-state index in [0.29, 0.717) is 11.5 Å². The highest BCUT2D eigenvalue weighted by atomic mass is 32.1. The summed E-state index contributed by atoms with van der Waals surface area (Å²) in [5, 5.41) is 11.1. The van der Waals surface area contributed by atoms with Crippen LogP contribution in [0, 0.1) is 0 Å². The van der Waals surface area contributed by atoms with Crippen molar-refractivity contribution in [3.8, 4) is 0 Å². The highest BCUT2D eigenvalue weighted by molar-refractivity contribution is 7.13. The lowest BCUT2D eigenvalue weighted by Gasteiger charge is -1.82. The van der Waals surface area contributed by atoms with Gasteiger partial charge in [0.15, 0.2) is 5.13 Å². The van der Waals surface area contributed by atoms with E-state index in [0.717, 1.165) is 0 Å². The molecule has 2 N–H and O–H groups in total. The molecule has 0 saturated carbocycles. The quantitative estimate of drug-likeness (QED) is 0.707. The average molecular weight is 196 g/mol. The number of amides is 1. The number of hydrogen-bond acceptors (Lipinski definition) is 4. The monoisotopic (exact) mass is 196 g/mol. The number of thiazole rings is 1. The zero-order valence-electron chi connectivity index (χ0n) is 6.68. The Morgan fingerprint density at radius 2 is 2.46 bits per heavy atom. The van der Waals surface area contributed by atoms with Crippen molar-refractivity contribution >= 4 is 22.9 Å². The van der Waals surface area contributed by atoms with E-state index in [2.05, 4.69) is 20.5 Å². The van der Waals surface area contributed by atoms with Gasteiger partial charge in [-0.3, -0.25) is 9.89 Å². The standard InChI is InChI=1S/C4H4N2OS.C3H4N2/c7-3-6-4-5-1-2-8-4;1-2-4-5-3-1/h1-3H,(H,5,6,7);1-3H,(H,4,5). The number of hydrogen-bond donors (Lipinski definition) is 2. The molecule has 0 spiro atoms. The van der Waals surface area contributed by atoms with E-state index in [1.165, 1.54) is 11.3 Å². The Morgan fingerprint density at radius 3 is 2.85 bits per heavy atom. The van der Waals surface area contributed by atoms with Crippen molar-refractivity contribution in [3.05, 3.63) is 30.0 Å². The highest BCUT2D eigenvalue weighted by Crippen LogP contribution is 2.07. The molecule has 0 bridgehead atoms. The normalized spacial score (nSPS) is 8.31. The molecule has 13 heavy (non-hydrogen) atoms. The number of aromatic amines is 1.